The van der Waals surface area contributed by atoms with Gasteiger partial charge in [-0.05, 0) is 24.5 Å². The molecular formula is C16H18ClN5O. The molecule has 120 valence electrons. The van der Waals surface area contributed by atoms with Crippen LogP contribution in [0.2, 0.25) is 5.15 Å². The van der Waals surface area contributed by atoms with Crippen molar-refractivity contribution in [3.8, 4) is 11.4 Å². The molecule has 0 saturated heterocycles. The van der Waals surface area contributed by atoms with Gasteiger partial charge in [-0.15, -0.1) is 0 Å². The van der Waals surface area contributed by atoms with Crippen molar-refractivity contribution < 1.29 is 4.52 Å². The lowest BCUT2D eigenvalue weighted by Crippen LogP contribution is -2.30. The SMILES string of the molecule is CC(C)C(C)(c1ccc(Cl)nc1)c1nc(-c2cnn(C)c2)no1. The second-order valence-electron chi connectivity index (χ2n) is 6.05. The molecule has 7 heteroatoms. The van der Waals surface area contributed by atoms with Gasteiger partial charge in [-0.3, -0.25) is 4.68 Å². The predicted molar refractivity (Wildman–Crippen MR) is 87.0 cm³/mol. The van der Waals surface area contributed by atoms with Crippen LogP contribution in [0.15, 0.2) is 35.2 Å². The number of halogens is 1. The maximum Gasteiger partial charge on any atom is 0.237 e. The van der Waals surface area contributed by atoms with E-state index in [4.69, 9.17) is 16.1 Å². The molecule has 3 aromatic heterocycles. The molecule has 1 atom stereocenters. The normalized spacial score (nSPS) is 14.2. The lowest BCUT2D eigenvalue weighted by atomic mass is 9.74. The van der Waals surface area contributed by atoms with E-state index in [2.05, 4.69) is 41.0 Å². The monoisotopic (exact) mass is 331 g/mol. The largest absolute Gasteiger partial charge is 0.338 e. The fourth-order valence-corrected chi connectivity index (χ4v) is 2.59. The van der Waals surface area contributed by atoms with Gasteiger partial charge in [0.1, 0.15) is 5.15 Å². The average Bonchev–Trinajstić information content (AvgIpc) is 3.16. The Morgan fingerprint density at radius 3 is 2.61 bits per heavy atom. The van der Waals surface area contributed by atoms with E-state index < -0.39 is 5.41 Å². The quantitative estimate of drug-likeness (QED) is 0.684. The molecule has 0 aliphatic carbocycles. The standard InChI is InChI=1S/C16H18ClN5O/c1-10(2)16(3,12-5-6-13(17)18-8-12)15-20-14(21-23-15)11-7-19-22(4)9-11/h5-10H,1-4H3. The van der Waals surface area contributed by atoms with Gasteiger partial charge in [0.05, 0.1) is 17.2 Å². The molecule has 3 heterocycles. The molecule has 3 rings (SSSR count). The van der Waals surface area contributed by atoms with Gasteiger partial charge in [-0.2, -0.15) is 10.1 Å². The zero-order chi connectivity index (χ0) is 16.6. The van der Waals surface area contributed by atoms with Crippen LogP contribution in [0.3, 0.4) is 0 Å². The fourth-order valence-electron chi connectivity index (χ4n) is 2.48. The number of hydrogen-bond donors (Lipinski definition) is 0. The Labute approximate surface area is 139 Å². The van der Waals surface area contributed by atoms with Crippen LogP contribution < -0.4 is 0 Å². The summed E-state index contributed by atoms with van der Waals surface area (Å²) in [5.74, 6) is 1.31. The molecule has 6 nitrogen and oxygen atoms in total. The summed E-state index contributed by atoms with van der Waals surface area (Å²) in [4.78, 5) is 8.78. The van der Waals surface area contributed by atoms with Gasteiger partial charge in [0.2, 0.25) is 11.7 Å². The van der Waals surface area contributed by atoms with Crippen molar-refractivity contribution in [2.24, 2.45) is 13.0 Å². The first kappa shape index (κ1) is 15.7. The van der Waals surface area contributed by atoms with E-state index in [1.807, 2.05) is 19.3 Å². The zero-order valence-corrected chi connectivity index (χ0v) is 14.2. The summed E-state index contributed by atoms with van der Waals surface area (Å²) >= 11 is 5.90. The third-order valence-electron chi connectivity index (χ3n) is 4.32. The van der Waals surface area contributed by atoms with Crippen molar-refractivity contribution in [2.75, 3.05) is 0 Å². The Morgan fingerprint density at radius 2 is 2.04 bits per heavy atom. The predicted octanol–water partition coefficient (Wildman–Crippen LogP) is 3.48. The molecule has 0 spiro atoms. The minimum Gasteiger partial charge on any atom is -0.338 e. The maximum absolute atomic E-state index is 5.90. The molecule has 0 N–H and O–H groups in total. The molecule has 0 bridgehead atoms. The Balaban J connectivity index is 2.05. The summed E-state index contributed by atoms with van der Waals surface area (Å²) in [6.07, 6.45) is 5.33. The van der Waals surface area contributed by atoms with Gasteiger partial charge >= 0.3 is 0 Å². The molecule has 0 saturated carbocycles. The molecule has 0 aliphatic rings. The van der Waals surface area contributed by atoms with Gasteiger partial charge in [-0.1, -0.05) is 36.7 Å². The molecule has 0 fully saturated rings. The van der Waals surface area contributed by atoms with Crippen molar-refractivity contribution >= 4 is 11.6 Å². The lowest BCUT2D eigenvalue weighted by Gasteiger charge is -2.30. The van der Waals surface area contributed by atoms with E-state index in [0.717, 1.165) is 11.1 Å². The van der Waals surface area contributed by atoms with E-state index in [0.29, 0.717) is 16.9 Å². The first-order valence-corrected chi connectivity index (χ1v) is 7.74. The zero-order valence-electron chi connectivity index (χ0n) is 13.5. The van der Waals surface area contributed by atoms with E-state index in [1.165, 1.54) is 0 Å². The Kier molecular flexibility index (Phi) is 3.93. The average molecular weight is 332 g/mol. The topological polar surface area (TPSA) is 69.6 Å². The number of aryl methyl sites for hydroxylation is 1. The van der Waals surface area contributed by atoms with Gasteiger partial charge in [0.15, 0.2) is 0 Å². The Morgan fingerprint density at radius 1 is 1.26 bits per heavy atom. The van der Waals surface area contributed by atoms with E-state index in [-0.39, 0.29) is 5.92 Å². The summed E-state index contributed by atoms with van der Waals surface area (Å²) in [7, 11) is 1.85. The minimum atomic E-state index is -0.453. The highest BCUT2D eigenvalue weighted by atomic mass is 35.5. The molecule has 23 heavy (non-hydrogen) atoms. The maximum atomic E-state index is 5.90. The van der Waals surface area contributed by atoms with E-state index in [1.54, 1.807) is 23.1 Å². The summed E-state index contributed by atoms with van der Waals surface area (Å²) in [5.41, 5.74) is 1.35. The summed E-state index contributed by atoms with van der Waals surface area (Å²) < 4.78 is 7.29. The third-order valence-corrected chi connectivity index (χ3v) is 4.54. The number of hydrogen-bond acceptors (Lipinski definition) is 5. The highest BCUT2D eigenvalue weighted by molar-refractivity contribution is 6.29. The van der Waals surface area contributed by atoms with Crippen LogP contribution in [-0.4, -0.2) is 24.9 Å². The van der Waals surface area contributed by atoms with Crippen LogP contribution in [0, 0.1) is 5.92 Å². The number of nitrogens with zero attached hydrogens (tertiary/aromatic N) is 5. The number of aromatic nitrogens is 5. The van der Waals surface area contributed by atoms with Crippen LogP contribution in [0.5, 0.6) is 0 Å². The molecule has 1 unspecified atom stereocenters. The highest BCUT2D eigenvalue weighted by Gasteiger charge is 2.38. The van der Waals surface area contributed by atoms with Gasteiger partial charge in [0.25, 0.3) is 0 Å². The van der Waals surface area contributed by atoms with Gasteiger partial charge < -0.3 is 4.52 Å². The molecular weight excluding hydrogens is 314 g/mol. The van der Waals surface area contributed by atoms with Crippen LogP contribution in [0.1, 0.15) is 32.2 Å². The first-order valence-electron chi connectivity index (χ1n) is 7.36. The molecule has 0 amide bonds. The summed E-state index contributed by atoms with van der Waals surface area (Å²) in [5, 5.41) is 8.70. The Bertz CT molecular complexity index is 808. The van der Waals surface area contributed by atoms with Gasteiger partial charge in [0, 0.05) is 19.4 Å². The first-order chi connectivity index (χ1) is 10.9. The van der Waals surface area contributed by atoms with Gasteiger partial charge in [-0.25, -0.2) is 4.98 Å². The molecule has 0 radical (unpaired) electrons. The molecule has 0 aromatic carbocycles. The van der Waals surface area contributed by atoms with Crippen LogP contribution in [0.4, 0.5) is 0 Å². The van der Waals surface area contributed by atoms with Crippen LogP contribution >= 0.6 is 11.6 Å². The lowest BCUT2D eigenvalue weighted by molar-refractivity contribution is 0.273. The highest BCUT2D eigenvalue weighted by Crippen LogP contribution is 2.38. The van der Waals surface area contributed by atoms with Crippen molar-refractivity contribution in [1.82, 2.24) is 24.9 Å². The van der Waals surface area contributed by atoms with Crippen molar-refractivity contribution in [3.05, 3.63) is 47.3 Å². The fraction of sp³-hybridized carbons (Fsp3) is 0.375. The van der Waals surface area contributed by atoms with Crippen molar-refractivity contribution in [1.29, 1.82) is 0 Å². The summed E-state index contributed by atoms with van der Waals surface area (Å²) in [6.45, 7) is 6.30. The van der Waals surface area contributed by atoms with Crippen molar-refractivity contribution in [3.63, 3.8) is 0 Å². The van der Waals surface area contributed by atoms with E-state index >= 15 is 0 Å². The Hall–Kier alpha value is -2.21. The van der Waals surface area contributed by atoms with Crippen LogP contribution in [0.25, 0.3) is 11.4 Å². The summed E-state index contributed by atoms with van der Waals surface area (Å²) in [6, 6.07) is 3.72. The number of pyridine rings is 1. The van der Waals surface area contributed by atoms with E-state index in [9.17, 15) is 0 Å². The smallest absolute Gasteiger partial charge is 0.237 e. The minimum absolute atomic E-state index is 0.229. The third kappa shape index (κ3) is 2.74. The molecule has 0 aliphatic heterocycles. The number of rotatable bonds is 4. The van der Waals surface area contributed by atoms with Crippen molar-refractivity contribution in [2.45, 2.75) is 26.2 Å². The second-order valence-corrected chi connectivity index (χ2v) is 6.44. The molecule has 3 aromatic rings. The second kappa shape index (κ2) is 5.77. The van der Waals surface area contributed by atoms with Crippen LogP contribution in [-0.2, 0) is 12.5 Å².